The van der Waals surface area contributed by atoms with Gasteiger partial charge in [0, 0.05) is 17.3 Å². The van der Waals surface area contributed by atoms with E-state index >= 15 is 0 Å². The van der Waals surface area contributed by atoms with Crippen molar-refractivity contribution in [2.24, 2.45) is 0 Å². The van der Waals surface area contributed by atoms with Gasteiger partial charge < -0.3 is 9.47 Å². The monoisotopic (exact) mass is 292 g/mol. The summed E-state index contributed by atoms with van der Waals surface area (Å²) in [6, 6.07) is 19.3. The minimum absolute atomic E-state index is 1.15. The highest BCUT2D eigenvalue weighted by Gasteiger charge is 2.09. The van der Waals surface area contributed by atoms with E-state index in [0.717, 1.165) is 13.0 Å². The number of rotatable bonds is 6. The van der Waals surface area contributed by atoms with Gasteiger partial charge in [0.2, 0.25) is 0 Å². The van der Waals surface area contributed by atoms with Gasteiger partial charge in [0.25, 0.3) is 0 Å². The number of para-hydroxylation sites is 2. The highest BCUT2D eigenvalue weighted by atomic mass is 15.0. The van der Waals surface area contributed by atoms with Gasteiger partial charge in [-0.25, -0.2) is 0 Å². The molecule has 0 amide bonds. The summed E-state index contributed by atoms with van der Waals surface area (Å²) >= 11 is 0. The first-order chi connectivity index (χ1) is 10.8. The predicted octanol–water partition coefficient (Wildman–Crippen LogP) is 4.51. The molecule has 22 heavy (non-hydrogen) atoms. The second-order valence-electron chi connectivity index (χ2n) is 6.14. The molecule has 0 N–H and O–H groups in total. The average Bonchev–Trinajstić information content (AvgIpc) is 2.91. The number of aryl methyl sites for hydroxylation is 1. The molecule has 1 aromatic heterocycles. The minimum Gasteiger partial charge on any atom is -0.316 e. The quantitative estimate of drug-likeness (QED) is 0.607. The highest BCUT2D eigenvalue weighted by molar-refractivity contribution is 5.85. The second-order valence-corrected chi connectivity index (χ2v) is 6.14. The van der Waals surface area contributed by atoms with E-state index in [1.807, 2.05) is 0 Å². The van der Waals surface area contributed by atoms with Gasteiger partial charge >= 0.3 is 0 Å². The Balaban J connectivity index is 1.88. The van der Waals surface area contributed by atoms with Crippen LogP contribution in [0.1, 0.15) is 18.4 Å². The predicted molar refractivity (Wildman–Crippen MR) is 94.8 cm³/mol. The highest BCUT2D eigenvalue weighted by Crippen LogP contribution is 2.26. The van der Waals surface area contributed by atoms with Gasteiger partial charge in [-0.15, -0.1) is 0 Å². The number of nitrogens with zero attached hydrogens (tertiary/aromatic N) is 2. The molecule has 0 aliphatic rings. The van der Waals surface area contributed by atoms with Gasteiger partial charge in [-0.05, 0) is 63.7 Å². The molecule has 0 atom stereocenters. The van der Waals surface area contributed by atoms with Crippen molar-refractivity contribution in [1.29, 1.82) is 0 Å². The van der Waals surface area contributed by atoms with Crippen molar-refractivity contribution in [3.8, 4) is 5.69 Å². The topological polar surface area (TPSA) is 8.17 Å². The molecule has 0 bridgehead atoms. The Bertz CT molecular complexity index is 726. The lowest BCUT2D eigenvalue weighted by Gasteiger charge is -2.08. The Hall–Kier alpha value is -2.06. The lowest BCUT2D eigenvalue weighted by molar-refractivity contribution is 0.394. The molecule has 3 rings (SSSR count). The van der Waals surface area contributed by atoms with Crippen LogP contribution in [0.3, 0.4) is 0 Å². The fourth-order valence-electron chi connectivity index (χ4n) is 3.00. The number of benzene rings is 2. The summed E-state index contributed by atoms with van der Waals surface area (Å²) < 4.78 is 2.32. The molecule has 3 aromatic rings. The third-order valence-electron chi connectivity index (χ3n) is 4.13. The van der Waals surface area contributed by atoms with Gasteiger partial charge in [0.15, 0.2) is 0 Å². The summed E-state index contributed by atoms with van der Waals surface area (Å²) in [7, 11) is 4.28. The lowest BCUT2D eigenvalue weighted by atomic mass is 10.1. The summed E-state index contributed by atoms with van der Waals surface area (Å²) in [5.74, 6) is 0. The first-order valence-electron chi connectivity index (χ1n) is 8.05. The fourth-order valence-corrected chi connectivity index (χ4v) is 3.00. The van der Waals surface area contributed by atoms with Crippen LogP contribution in [0.25, 0.3) is 16.6 Å². The first-order valence-corrected chi connectivity index (χ1v) is 8.05. The molecule has 0 aliphatic carbocycles. The number of hydrogen-bond acceptors (Lipinski definition) is 1. The van der Waals surface area contributed by atoms with E-state index in [4.69, 9.17) is 0 Å². The zero-order chi connectivity index (χ0) is 15.4. The number of fused-ring (bicyclic) bond motifs is 1. The molecule has 0 unspecified atom stereocenters. The summed E-state index contributed by atoms with van der Waals surface area (Å²) in [6.45, 7) is 1.16. The summed E-state index contributed by atoms with van der Waals surface area (Å²) in [5.41, 5.74) is 3.99. The van der Waals surface area contributed by atoms with Crippen LogP contribution in [0.2, 0.25) is 0 Å². The number of hydrogen-bond donors (Lipinski definition) is 0. The fraction of sp³-hybridized carbons (Fsp3) is 0.300. The maximum atomic E-state index is 2.32. The Morgan fingerprint density at radius 2 is 1.59 bits per heavy atom. The molecule has 1 heterocycles. The Kier molecular flexibility index (Phi) is 4.59. The SMILES string of the molecule is CN(C)CCCCc1cn(-c2ccccc2)c2ccccc12. The standard InChI is InChI=1S/C20H24N2/c1-21(2)15-9-8-10-17-16-22(18-11-4-3-5-12-18)20-14-7-6-13-19(17)20/h3-7,11-14,16H,8-10,15H2,1-2H3. The molecule has 0 saturated heterocycles. The Labute approximate surface area is 133 Å². The van der Waals surface area contributed by atoms with Crippen molar-refractivity contribution in [2.45, 2.75) is 19.3 Å². The lowest BCUT2D eigenvalue weighted by Crippen LogP contribution is -2.12. The van der Waals surface area contributed by atoms with Gasteiger partial charge in [0.05, 0.1) is 5.52 Å². The zero-order valence-corrected chi connectivity index (χ0v) is 13.5. The molecular weight excluding hydrogens is 268 g/mol. The number of unbranched alkanes of at least 4 members (excludes halogenated alkanes) is 1. The van der Waals surface area contributed by atoms with Crippen LogP contribution in [0.15, 0.2) is 60.8 Å². The van der Waals surface area contributed by atoms with Crippen LogP contribution in [-0.4, -0.2) is 30.1 Å². The molecule has 0 saturated carbocycles. The maximum Gasteiger partial charge on any atom is 0.0531 e. The van der Waals surface area contributed by atoms with Gasteiger partial charge in [-0.3, -0.25) is 0 Å². The van der Waals surface area contributed by atoms with E-state index in [9.17, 15) is 0 Å². The summed E-state index contributed by atoms with van der Waals surface area (Å²) in [6.07, 6.45) is 5.95. The first kappa shape index (κ1) is 14.9. The van der Waals surface area contributed by atoms with Crippen molar-refractivity contribution >= 4 is 10.9 Å². The van der Waals surface area contributed by atoms with Crippen LogP contribution in [0.5, 0.6) is 0 Å². The molecule has 2 heteroatoms. The molecule has 2 nitrogen and oxygen atoms in total. The van der Waals surface area contributed by atoms with Gasteiger partial charge in [0.1, 0.15) is 0 Å². The molecule has 0 aliphatic heterocycles. The van der Waals surface area contributed by atoms with Crippen LogP contribution in [0.4, 0.5) is 0 Å². The van der Waals surface area contributed by atoms with E-state index in [1.165, 1.54) is 35.0 Å². The molecule has 114 valence electrons. The Morgan fingerprint density at radius 1 is 0.864 bits per heavy atom. The molecule has 2 aromatic carbocycles. The number of aromatic nitrogens is 1. The second kappa shape index (κ2) is 6.80. The van der Waals surface area contributed by atoms with Crippen LogP contribution >= 0.6 is 0 Å². The normalized spacial score (nSPS) is 11.4. The van der Waals surface area contributed by atoms with E-state index in [0.29, 0.717) is 0 Å². The Morgan fingerprint density at radius 3 is 2.36 bits per heavy atom. The summed E-state index contributed by atoms with van der Waals surface area (Å²) in [4.78, 5) is 2.26. The van der Waals surface area contributed by atoms with E-state index < -0.39 is 0 Å². The zero-order valence-electron chi connectivity index (χ0n) is 13.5. The van der Waals surface area contributed by atoms with Crippen LogP contribution in [0, 0.1) is 0 Å². The summed E-state index contributed by atoms with van der Waals surface area (Å²) in [5, 5.41) is 1.39. The average molecular weight is 292 g/mol. The third-order valence-corrected chi connectivity index (χ3v) is 4.13. The van der Waals surface area contributed by atoms with Gasteiger partial charge in [-0.2, -0.15) is 0 Å². The van der Waals surface area contributed by atoms with E-state index in [-0.39, 0.29) is 0 Å². The van der Waals surface area contributed by atoms with Crippen molar-refractivity contribution < 1.29 is 0 Å². The van der Waals surface area contributed by atoms with Crippen molar-refractivity contribution in [3.63, 3.8) is 0 Å². The van der Waals surface area contributed by atoms with Crippen molar-refractivity contribution in [3.05, 3.63) is 66.4 Å². The smallest absolute Gasteiger partial charge is 0.0531 e. The molecular formula is C20H24N2. The van der Waals surface area contributed by atoms with E-state index in [2.05, 4.69) is 84.4 Å². The van der Waals surface area contributed by atoms with E-state index in [1.54, 1.807) is 0 Å². The van der Waals surface area contributed by atoms with Crippen LogP contribution < -0.4 is 0 Å². The molecule has 0 fully saturated rings. The minimum atomic E-state index is 1.15. The molecule has 0 spiro atoms. The van der Waals surface area contributed by atoms with Crippen molar-refractivity contribution in [2.75, 3.05) is 20.6 Å². The molecule has 0 radical (unpaired) electrons. The van der Waals surface area contributed by atoms with Gasteiger partial charge in [-0.1, -0.05) is 36.4 Å². The van der Waals surface area contributed by atoms with Crippen LogP contribution in [-0.2, 0) is 6.42 Å². The largest absolute Gasteiger partial charge is 0.316 e. The maximum absolute atomic E-state index is 2.32. The third kappa shape index (κ3) is 3.23. The van der Waals surface area contributed by atoms with Crippen molar-refractivity contribution in [1.82, 2.24) is 9.47 Å².